The summed E-state index contributed by atoms with van der Waals surface area (Å²) in [5, 5.41) is 0. The molecule has 4 nitrogen and oxygen atoms in total. The van der Waals surface area contributed by atoms with Crippen molar-refractivity contribution in [2.45, 2.75) is 0 Å². The van der Waals surface area contributed by atoms with E-state index in [0.29, 0.717) is 5.56 Å². The molecule has 3 rings (SSSR count). The molecule has 0 unspecified atom stereocenters. The van der Waals surface area contributed by atoms with Crippen LogP contribution >= 0.6 is 0 Å². The van der Waals surface area contributed by atoms with Gasteiger partial charge >= 0.3 is 0 Å². The van der Waals surface area contributed by atoms with E-state index in [4.69, 9.17) is 11.5 Å². The molecule has 6 heteroatoms. The highest BCUT2D eigenvalue weighted by molar-refractivity contribution is 5.85. The highest BCUT2D eigenvalue weighted by Gasteiger charge is 2.17. The SMILES string of the molecule is Nc1cc(-c2ccncc2F)c(-c2ccccc2F)nc1N. The van der Waals surface area contributed by atoms with Gasteiger partial charge < -0.3 is 11.5 Å². The summed E-state index contributed by atoms with van der Waals surface area (Å²) in [6.07, 6.45) is 2.52. The topological polar surface area (TPSA) is 77.8 Å². The molecule has 0 saturated heterocycles. The van der Waals surface area contributed by atoms with Gasteiger partial charge in [0, 0.05) is 22.9 Å². The molecule has 22 heavy (non-hydrogen) atoms. The van der Waals surface area contributed by atoms with Crippen molar-refractivity contribution in [2.24, 2.45) is 0 Å². The normalized spacial score (nSPS) is 10.6. The van der Waals surface area contributed by atoms with Crippen molar-refractivity contribution in [3.8, 4) is 22.4 Å². The second kappa shape index (κ2) is 5.40. The van der Waals surface area contributed by atoms with E-state index >= 15 is 0 Å². The first-order chi connectivity index (χ1) is 10.6. The molecule has 2 heterocycles. The molecule has 0 radical (unpaired) electrons. The van der Waals surface area contributed by atoms with Crippen LogP contribution in [-0.4, -0.2) is 9.97 Å². The summed E-state index contributed by atoms with van der Waals surface area (Å²) < 4.78 is 28.1. The second-order valence-electron chi connectivity index (χ2n) is 4.69. The Morgan fingerprint density at radius 3 is 2.36 bits per heavy atom. The van der Waals surface area contributed by atoms with E-state index < -0.39 is 11.6 Å². The van der Waals surface area contributed by atoms with E-state index in [1.165, 1.54) is 24.4 Å². The van der Waals surface area contributed by atoms with Gasteiger partial charge in [0.05, 0.1) is 17.6 Å². The van der Waals surface area contributed by atoms with Crippen molar-refractivity contribution < 1.29 is 8.78 Å². The van der Waals surface area contributed by atoms with Crippen LogP contribution in [0.3, 0.4) is 0 Å². The van der Waals surface area contributed by atoms with Gasteiger partial charge in [0.25, 0.3) is 0 Å². The highest BCUT2D eigenvalue weighted by Crippen LogP contribution is 2.35. The molecule has 1 aromatic carbocycles. The van der Waals surface area contributed by atoms with Gasteiger partial charge in [-0.2, -0.15) is 0 Å². The van der Waals surface area contributed by atoms with Crippen LogP contribution in [0.1, 0.15) is 0 Å². The fourth-order valence-electron chi connectivity index (χ4n) is 2.20. The second-order valence-corrected chi connectivity index (χ2v) is 4.69. The van der Waals surface area contributed by atoms with Gasteiger partial charge in [-0.05, 0) is 24.3 Å². The molecule has 0 fully saturated rings. The van der Waals surface area contributed by atoms with Crippen molar-refractivity contribution in [3.63, 3.8) is 0 Å². The number of pyridine rings is 2. The minimum Gasteiger partial charge on any atom is -0.396 e. The molecule has 3 aromatic rings. The number of nitrogen functional groups attached to an aromatic ring is 2. The number of anilines is 2. The third-order valence-electron chi connectivity index (χ3n) is 3.27. The molecular weight excluding hydrogens is 286 g/mol. The average molecular weight is 298 g/mol. The van der Waals surface area contributed by atoms with Gasteiger partial charge in [0.2, 0.25) is 0 Å². The molecular formula is C16H12F2N4. The van der Waals surface area contributed by atoms with E-state index in [0.717, 1.165) is 6.20 Å². The van der Waals surface area contributed by atoms with Crippen LogP contribution in [0.15, 0.2) is 48.8 Å². The summed E-state index contributed by atoms with van der Waals surface area (Å²) in [6.45, 7) is 0. The molecule has 0 amide bonds. The molecule has 2 aromatic heterocycles. The average Bonchev–Trinajstić information content (AvgIpc) is 2.51. The minimum atomic E-state index is -0.550. The Morgan fingerprint density at radius 1 is 0.864 bits per heavy atom. The lowest BCUT2D eigenvalue weighted by Gasteiger charge is -2.13. The van der Waals surface area contributed by atoms with E-state index in [2.05, 4.69) is 9.97 Å². The van der Waals surface area contributed by atoms with E-state index in [1.54, 1.807) is 18.2 Å². The number of nitrogens with zero attached hydrogens (tertiary/aromatic N) is 2. The van der Waals surface area contributed by atoms with Crippen LogP contribution in [-0.2, 0) is 0 Å². The van der Waals surface area contributed by atoms with E-state index in [1.807, 2.05) is 0 Å². The van der Waals surface area contributed by atoms with Crippen molar-refractivity contribution in [3.05, 3.63) is 60.4 Å². The van der Waals surface area contributed by atoms with E-state index in [-0.39, 0.29) is 28.3 Å². The molecule has 0 atom stereocenters. The molecule has 0 aliphatic rings. The van der Waals surface area contributed by atoms with Gasteiger partial charge in [-0.15, -0.1) is 0 Å². The summed E-state index contributed by atoms with van der Waals surface area (Å²) in [5.41, 5.74) is 12.7. The lowest BCUT2D eigenvalue weighted by molar-refractivity contribution is 0.624. The number of hydrogen-bond acceptors (Lipinski definition) is 4. The molecule has 0 spiro atoms. The van der Waals surface area contributed by atoms with Crippen molar-refractivity contribution >= 4 is 11.5 Å². The standard InChI is InChI=1S/C16H12F2N4/c17-12-4-2-1-3-10(12)15-11(7-14(19)16(20)22-15)9-5-6-21-8-13(9)18/h1-8H,19H2,(H2,20,22). The van der Waals surface area contributed by atoms with Gasteiger partial charge in [-0.1, -0.05) is 12.1 Å². The Kier molecular flexibility index (Phi) is 3.42. The molecule has 0 bridgehead atoms. The van der Waals surface area contributed by atoms with Crippen molar-refractivity contribution in [1.29, 1.82) is 0 Å². The smallest absolute Gasteiger partial charge is 0.149 e. The number of rotatable bonds is 2. The number of nitrogens with two attached hydrogens (primary N) is 2. The zero-order valence-corrected chi connectivity index (χ0v) is 11.4. The van der Waals surface area contributed by atoms with Gasteiger partial charge in [-0.3, -0.25) is 4.98 Å². The first-order valence-corrected chi connectivity index (χ1v) is 6.48. The Balaban J connectivity index is 2.33. The third-order valence-corrected chi connectivity index (χ3v) is 3.27. The fraction of sp³-hybridized carbons (Fsp3) is 0. The lowest BCUT2D eigenvalue weighted by Crippen LogP contribution is -2.02. The molecule has 4 N–H and O–H groups in total. The maximum atomic E-state index is 14.1. The molecule has 0 aliphatic heterocycles. The number of benzene rings is 1. The summed E-state index contributed by atoms with van der Waals surface area (Å²) in [5.74, 6) is -0.961. The van der Waals surface area contributed by atoms with Gasteiger partial charge in [0.15, 0.2) is 0 Å². The lowest BCUT2D eigenvalue weighted by atomic mass is 9.99. The Hall–Kier alpha value is -3.02. The van der Waals surface area contributed by atoms with Crippen LogP contribution in [0.25, 0.3) is 22.4 Å². The van der Waals surface area contributed by atoms with Crippen molar-refractivity contribution in [1.82, 2.24) is 9.97 Å². The van der Waals surface area contributed by atoms with Crippen molar-refractivity contribution in [2.75, 3.05) is 11.5 Å². The molecule has 0 aliphatic carbocycles. The van der Waals surface area contributed by atoms with Crippen LogP contribution in [0.5, 0.6) is 0 Å². The first-order valence-electron chi connectivity index (χ1n) is 6.48. The third kappa shape index (κ3) is 2.35. The number of hydrogen-bond donors (Lipinski definition) is 2. The van der Waals surface area contributed by atoms with Crippen LogP contribution in [0.4, 0.5) is 20.3 Å². The van der Waals surface area contributed by atoms with Crippen LogP contribution in [0, 0.1) is 11.6 Å². The summed E-state index contributed by atoms with van der Waals surface area (Å²) in [6, 6.07) is 9.05. The number of aromatic nitrogens is 2. The summed E-state index contributed by atoms with van der Waals surface area (Å²) in [7, 11) is 0. The number of halogens is 2. The predicted molar refractivity (Wildman–Crippen MR) is 81.6 cm³/mol. The van der Waals surface area contributed by atoms with Crippen LogP contribution < -0.4 is 11.5 Å². The zero-order valence-electron chi connectivity index (χ0n) is 11.4. The van der Waals surface area contributed by atoms with Gasteiger partial charge in [0.1, 0.15) is 17.5 Å². The highest BCUT2D eigenvalue weighted by atomic mass is 19.1. The predicted octanol–water partition coefficient (Wildman–Crippen LogP) is 3.25. The quantitative estimate of drug-likeness (QED) is 0.761. The first kappa shape index (κ1) is 13.9. The summed E-state index contributed by atoms with van der Waals surface area (Å²) in [4.78, 5) is 7.85. The maximum Gasteiger partial charge on any atom is 0.149 e. The summed E-state index contributed by atoms with van der Waals surface area (Å²) >= 11 is 0. The largest absolute Gasteiger partial charge is 0.396 e. The van der Waals surface area contributed by atoms with Gasteiger partial charge in [-0.25, -0.2) is 13.8 Å². The molecule has 110 valence electrons. The zero-order chi connectivity index (χ0) is 15.7. The minimum absolute atomic E-state index is 0.0662. The fourth-order valence-corrected chi connectivity index (χ4v) is 2.20. The Labute approximate surface area is 125 Å². The monoisotopic (exact) mass is 298 g/mol. The Bertz CT molecular complexity index is 779. The maximum absolute atomic E-state index is 14.1. The molecule has 0 saturated carbocycles. The Morgan fingerprint density at radius 2 is 1.64 bits per heavy atom. The van der Waals surface area contributed by atoms with E-state index in [9.17, 15) is 8.78 Å². The van der Waals surface area contributed by atoms with Crippen LogP contribution in [0.2, 0.25) is 0 Å².